The number of benzene rings is 1. The van der Waals surface area contributed by atoms with Crippen molar-refractivity contribution < 1.29 is 9.53 Å². The number of rotatable bonds is 3. The molecule has 76 valence electrons. The molecule has 0 atom stereocenters. The summed E-state index contributed by atoms with van der Waals surface area (Å²) in [5.41, 5.74) is 2.61. The molecule has 0 spiro atoms. The highest BCUT2D eigenvalue weighted by Crippen LogP contribution is 2.14. The maximum absolute atomic E-state index is 11.4. The number of ether oxygens (including phenoxy) is 1. The number of methoxy groups -OCH3 is 1. The van der Waals surface area contributed by atoms with Gasteiger partial charge in [0.15, 0.2) is 0 Å². The van der Waals surface area contributed by atoms with E-state index >= 15 is 0 Å². The Morgan fingerprint density at radius 1 is 1.50 bits per heavy atom. The predicted octanol–water partition coefficient (Wildman–Crippen LogP) is 2.56. The lowest BCUT2D eigenvalue weighted by molar-refractivity contribution is 0.0599. The van der Waals surface area contributed by atoms with Gasteiger partial charge in [-0.25, -0.2) is 4.79 Å². The molecule has 0 amide bonds. The van der Waals surface area contributed by atoms with Crippen LogP contribution in [0.3, 0.4) is 0 Å². The van der Waals surface area contributed by atoms with Crippen LogP contribution in [-0.2, 0) is 11.2 Å². The molecule has 0 heterocycles. The molecule has 0 saturated heterocycles. The van der Waals surface area contributed by atoms with E-state index in [1.165, 1.54) is 7.11 Å². The zero-order valence-corrected chi connectivity index (χ0v) is 9.10. The van der Waals surface area contributed by atoms with Crippen molar-refractivity contribution in [3.8, 4) is 0 Å². The summed E-state index contributed by atoms with van der Waals surface area (Å²) in [7, 11) is 1.38. The Labute approximate surface area is 88.8 Å². The summed E-state index contributed by atoms with van der Waals surface area (Å²) < 4.78 is 4.70. The molecule has 2 nitrogen and oxygen atoms in total. The molecule has 14 heavy (non-hydrogen) atoms. The molecule has 0 aliphatic rings. The van der Waals surface area contributed by atoms with E-state index in [1.807, 2.05) is 25.1 Å². The fraction of sp³-hybridized carbons (Fsp3) is 0.364. The predicted molar refractivity (Wildman–Crippen MR) is 56.9 cm³/mol. The molecule has 1 aromatic carbocycles. The van der Waals surface area contributed by atoms with Crippen molar-refractivity contribution in [3.05, 3.63) is 34.9 Å². The molecule has 0 aromatic heterocycles. The monoisotopic (exact) mass is 212 g/mol. The van der Waals surface area contributed by atoms with Crippen molar-refractivity contribution in [2.24, 2.45) is 0 Å². The first-order chi connectivity index (χ1) is 6.69. The highest BCUT2D eigenvalue weighted by molar-refractivity contribution is 6.18. The second kappa shape index (κ2) is 5.01. The summed E-state index contributed by atoms with van der Waals surface area (Å²) >= 11 is 5.64. The zero-order chi connectivity index (χ0) is 10.6. The Bertz CT molecular complexity index is 334. The SMILES string of the molecule is COC(=O)c1cc(C)ccc1CCCl. The van der Waals surface area contributed by atoms with E-state index in [4.69, 9.17) is 16.3 Å². The summed E-state index contributed by atoms with van der Waals surface area (Å²) in [5.74, 6) is 0.210. The molecule has 0 radical (unpaired) electrons. The summed E-state index contributed by atoms with van der Waals surface area (Å²) in [6.45, 7) is 1.94. The Hall–Kier alpha value is -1.02. The lowest BCUT2D eigenvalue weighted by Gasteiger charge is -2.07. The van der Waals surface area contributed by atoms with Crippen LogP contribution >= 0.6 is 11.6 Å². The van der Waals surface area contributed by atoms with Crippen LogP contribution in [0.2, 0.25) is 0 Å². The van der Waals surface area contributed by atoms with Gasteiger partial charge in [-0.05, 0) is 25.0 Å². The standard InChI is InChI=1S/C11H13ClO2/c1-8-3-4-9(5-6-12)10(7-8)11(13)14-2/h3-4,7H,5-6H2,1-2H3. The molecule has 1 aromatic rings. The lowest BCUT2D eigenvalue weighted by Crippen LogP contribution is -2.06. The molecular formula is C11H13ClO2. The van der Waals surface area contributed by atoms with Crippen LogP contribution in [0.4, 0.5) is 0 Å². The maximum atomic E-state index is 11.4. The zero-order valence-electron chi connectivity index (χ0n) is 8.34. The average molecular weight is 213 g/mol. The van der Waals surface area contributed by atoms with E-state index < -0.39 is 0 Å². The third kappa shape index (κ3) is 2.48. The number of alkyl halides is 1. The van der Waals surface area contributed by atoms with E-state index in [-0.39, 0.29) is 5.97 Å². The molecule has 0 aliphatic carbocycles. The highest BCUT2D eigenvalue weighted by atomic mass is 35.5. The van der Waals surface area contributed by atoms with Crippen molar-refractivity contribution in [1.82, 2.24) is 0 Å². The van der Waals surface area contributed by atoms with E-state index in [1.54, 1.807) is 0 Å². The first-order valence-electron chi connectivity index (χ1n) is 4.43. The molecule has 0 bridgehead atoms. The second-order valence-electron chi connectivity index (χ2n) is 3.09. The Morgan fingerprint density at radius 2 is 2.21 bits per heavy atom. The van der Waals surface area contributed by atoms with Gasteiger partial charge in [-0.1, -0.05) is 17.7 Å². The van der Waals surface area contributed by atoms with Crippen LogP contribution in [0.1, 0.15) is 21.5 Å². The number of esters is 1. The van der Waals surface area contributed by atoms with Crippen LogP contribution in [0.5, 0.6) is 0 Å². The summed E-state index contributed by atoms with van der Waals surface area (Å²) in [4.78, 5) is 11.4. The molecule has 3 heteroatoms. The number of aryl methyl sites for hydroxylation is 2. The molecule has 0 fully saturated rings. The lowest BCUT2D eigenvalue weighted by atomic mass is 10.0. The Balaban J connectivity index is 3.08. The summed E-state index contributed by atoms with van der Waals surface area (Å²) in [5, 5.41) is 0. The molecular weight excluding hydrogens is 200 g/mol. The number of hydrogen-bond donors (Lipinski definition) is 0. The minimum Gasteiger partial charge on any atom is -0.465 e. The van der Waals surface area contributed by atoms with E-state index in [0.29, 0.717) is 17.9 Å². The normalized spacial score (nSPS) is 9.93. The van der Waals surface area contributed by atoms with Gasteiger partial charge in [0.05, 0.1) is 12.7 Å². The maximum Gasteiger partial charge on any atom is 0.338 e. The third-order valence-electron chi connectivity index (χ3n) is 2.03. The van der Waals surface area contributed by atoms with Crippen molar-refractivity contribution in [1.29, 1.82) is 0 Å². The van der Waals surface area contributed by atoms with Crippen LogP contribution in [-0.4, -0.2) is 19.0 Å². The summed E-state index contributed by atoms with van der Waals surface area (Å²) in [6.07, 6.45) is 0.687. The average Bonchev–Trinajstić information content (AvgIpc) is 2.20. The van der Waals surface area contributed by atoms with E-state index in [2.05, 4.69) is 0 Å². The fourth-order valence-electron chi connectivity index (χ4n) is 1.31. The van der Waals surface area contributed by atoms with Gasteiger partial charge in [-0.3, -0.25) is 0 Å². The van der Waals surface area contributed by atoms with Gasteiger partial charge in [0.2, 0.25) is 0 Å². The van der Waals surface area contributed by atoms with Gasteiger partial charge >= 0.3 is 5.97 Å². The largest absolute Gasteiger partial charge is 0.465 e. The number of halogens is 1. The first-order valence-corrected chi connectivity index (χ1v) is 4.96. The number of carbonyl (C=O) groups excluding carboxylic acids is 1. The van der Waals surface area contributed by atoms with Crippen LogP contribution < -0.4 is 0 Å². The van der Waals surface area contributed by atoms with Crippen LogP contribution in [0.25, 0.3) is 0 Å². The number of carbonyl (C=O) groups is 1. The van der Waals surface area contributed by atoms with Gasteiger partial charge in [0, 0.05) is 5.88 Å². The summed E-state index contributed by atoms with van der Waals surface area (Å²) in [6, 6.07) is 5.71. The molecule has 0 N–H and O–H groups in total. The minimum absolute atomic E-state index is 0.297. The molecule has 0 saturated carbocycles. The van der Waals surface area contributed by atoms with E-state index in [9.17, 15) is 4.79 Å². The molecule has 0 unspecified atom stereocenters. The van der Waals surface area contributed by atoms with Crippen molar-refractivity contribution in [2.75, 3.05) is 13.0 Å². The smallest absolute Gasteiger partial charge is 0.338 e. The molecule has 0 aliphatic heterocycles. The van der Waals surface area contributed by atoms with Crippen LogP contribution in [0.15, 0.2) is 18.2 Å². The Morgan fingerprint density at radius 3 is 2.79 bits per heavy atom. The topological polar surface area (TPSA) is 26.3 Å². The number of hydrogen-bond acceptors (Lipinski definition) is 2. The van der Waals surface area contributed by atoms with E-state index in [0.717, 1.165) is 11.1 Å². The van der Waals surface area contributed by atoms with Gasteiger partial charge in [-0.15, -0.1) is 11.6 Å². The highest BCUT2D eigenvalue weighted by Gasteiger charge is 2.10. The van der Waals surface area contributed by atoms with Crippen molar-refractivity contribution >= 4 is 17.6 Å². The third-order valence-corrected chi connectivity index (χ3v) is 2.22. The van der Waals surface area contributed by atoms with Crippen molar-refractivity contribution in [2.45, 2.75) is 13.3 Å². The fourth-order valence-corrected chi connectivity index (χ4v) is 1.51. The van der Waals surface area contributed by atoms with Crippen LogP contribution in [0, 0.1) is 6.92 Å². The van der Waals surface area contributed by atoms with Gasteiger partial charge in [0.1, 0.15) is 0 Å². The first kappa shape index (κ1) is 11.1. The van der Waals surface area contributed by atoms with Crippen molar-refractivity contribution in [3.63, 3.8) is 0 Å². The Kier molecular flexibility index (Phi) is 3.96. The van der Waals surface area contributed by atoms with Gasteiger partial charge in [0.25, 0.3) is 0 Å². The van der Waals surface area contributed by atoms with Gasteiger partial charge < -0.3 is 4.74 Å². The van der Waals surface area contributed by atoms with Gasteiger partial charge in [-0.2, -0.15) is 0 Å². The molecule has 1 rings (SSSR count). The second-order valence-corrected chi connectivity index (χ2v) is 3.47. The quantitative estimate of drug-likeness (QED) is 0.569. The minimum atomic E-state index is -0.297.